The molecule has 1 aliphatic heterocycles. The maximum atomic E-state index is 12.5. The molecule has 1 atom stereocenters. The van der Waals surface area contributed by atoms with Crippen molar-refractivity contribution < 1.29 is 27.8 Å². The largest absolute Gasteiger partial charge is 0.458 e. The summed E-state index contributed by atoms with van der Waals surface area (Å²) in [6, 6.07) is 0. The first-order chi connectivity index (χ1) is 7.91. The second kappa shape index (κ2) is 4.49. The van der Waals surface area contributed by atoms with Crippen molar-refractivity contribution in [2.45, 2.75) is 50.4 Å². The molecule has 2 rings (SSSR count). The molecule has 1 saturated heterocycles. The van der Waals surface area contributed by atoms with Crippen LogP contribution in [0.3, 0.4) is 0 Å². The zero-order chi connectivity index (χ0) is 12.5. The zero-order valence-electron chi connectivity index (χ0n) is 9.71. The molecule has 1 spiro atoms. The molecule has 0 aromatic carbocycles. The third-order valence-corrected chi connectivity index (χ3v) is 3.04. The van der Waals surface area contributed by atoms with E-state index in [9.17, 15) is 13.6 Å². The van der Waals surface area contributed by atoms with E-state index in [0.29, 0.717) is 13.5 Å². The van der Waals surface area contributed by atoms with Crippen LogP contribution < -0.4 is 0 Å². The van der Waals surface area contributed by atoms with Crippen LogP contribution in [0.2, 0.25) is 0 Å². The number of carbonyl (C=O) groups excluding carboxylic acids is 1. The van der Waals surface area contributed by atoms with Gasteiger partial charge in [-0.05, 0) is 12.8 Å². The maximum Gasteiger partial charge on any atom is 0.376 e. The number of esters is 1. The maximum absolute atomic E-state index is 12.5. The number of rotatable bonds is 3. The zero-order valence-corrected chi connectivity index (χ0v) is 9.71. The Labute approximate surface area is 98.2 Å². The van der Waals surface area contributed by atoms with Crippen molar-refractivity contribution in [1.29, 1.82) is 0 Å². The van der Waals surface area contributed by atoms with E-state index in [0.717, 1.165) is 25.7 Å². The minimum absolute atomic E-state index is 0.177. The molecule has 2 fully saturated rings. The van der Waals surface area contributed by atoms with Crippen LogP contribution in [0.25, 0.3) is 0 Å². The van der Waals surface area contributed by atoms with Crippen LogP contribution in [0, 0.1) is 0 Å². The highest BCUT2D eigenvalue weighted by molar-refractivity contribution is 5.76. The van der Waals surface area contributed by atoms with Gasteiger partial charge in [-0.1, -0.05) is 0 Å². The van der Waals surface area contributed by atoms with Gasteiger partial charge in [0, 0.05) is 19.8 Å². The number of hydrogen-bond acceptors (Lipinski definition) is 4. The normalized spacial score (nSPS) is 27.6. The molecule has 2 aliphatic rings. The van der Waals surface area contributed by atoms with Crippen LogP contribution >= 0.6 is 0 Å². The Kier molecular flexibility index (Phi) is 3.36. The Hall–Kier alpha value is -0.750. The molecule has 1 aliphatic carbocycles. The highest BCUT2D eigenvalue weighted by Crippen LogP contribution is 2.39. The van der Waals surface area contributed by atoms with Gasteiger partial charge in [-0.2, -0.15) is 8.78 Å². The standard InChI is InChI=1S/C11H16F2O4/c1-10(12,13)9(14)15-6-8-7-16-11(17-8)4-2-3-5-11/h8H,2-7H2,1H3. The van der Waals surface area contributed by atoms with E-state index in [1.54, 1.807) is 0 Å². The smallest absolute Gasteiger partial charge is 0.376 e. The van der Waals surface area contributed by atoms with Crippen LogP contribution in [-0.2, 0) is 19.0 Å². The average Bonchev–Trinajstić information content (AvgIpc) is 2.85. The lowest BCUT2D eigenvalue weighted by Crippen LogP contribution is -2.32. The third kappa shape index (κ3) is 2.93. The van der Waals surface area contributed by atoms with Crippen molar-refractivity contribution in [3.05, 3.63) is 0 Å². The van der Waals surface area contributed by atoms with Crippen molar-refractivity contribution in [3.8, 4) is 0 Å². The summed E-state index contributed by atoms with van der Waals surface area (Å²) < 4.78 is 40.7. The fourth-order valence-corrected chi connectivity index (χ4v) is 2.17. The van der Waals surface area contributed by atoms with Crippen molar-refractivity contribution >= 4 is 5.97 Å². The summed E-state index contributed by atoms with van der Waals surface area (Å²) in [7, 11) is 0. The van der Waals surface area contributed by atoms with Gasteiger partial charge < -0.3 is 14.2 Å². The molecule has 0 aromatic heterocycles. The fourth-order valence-electron chi connectivity index (χ4n) is 2.17. The summed E-state index contributed by atoms with van der Waals surface area (Å²) in [5.74, 6) is -5.52. The van der Waals surface area contributed by atoms with Crippen LogP contribution in [0.4, 0.5) is 8.78 Å². The van der Waals surface area contributed by atoms with E-state index in [-0.39, 0.29) is 6.61 Å². The van der Waals surface area contributed by atoms with Crippen LogP contribution in [0.15, 0.2) is 0 Å². The van der Waals surface area contributed by atoms with E-state index in [4.69, 9.17) is 9.47 Å². The molecule has 0 aromatic rings. The summed E-state index contributed by atoms with van der Waals surface area (Å²) in [6.07, 6.45) is 3.29. The molecular weight excluding hydrogens is 234 g/mol. The van der Waals surface area contributed by atoms with Crippen molar-refractivity contribution in [2.24, 2.45) is 0 Å². The van der Waals surface area contributed by atoms with Gasteiger partial charge in [0.1, 0.15) is 12.7 Å². The first-order valence-corrected chi connectivity index (χ1v) is 5.78. The van der Waals surface area contributed by atoms with E-state index >= 15 is 0 Å². The Morgan fingerprint density at radius 2 is 2.12 bits per heavy atom. The van der Waals surface area contributed by atoms with E-state index < -0.39 is 23.8 Å². The number of hydrogen-bond donors (Lipinski definition) is 0. The Bertz CT molecular complexity index is 294. The summed E-state index contributed by atoms with van der Waals surface area (Å²) in [4.78, 5) is 10.9. The first kappa shape index (κ1) is 12.7. The second-order valence-electron chi connectivity index (χ2n) is 4.66. The molecule has 1 heterocycles. The molecule has 4 nitrogen and oxygen atoms in total. The SMILES string of the molecule is CC(F)(F)C(=O)OCC1COC2(CCCC2)O1. The lowest BCUT2D eigenvalue weighted by atomic mass is 10.2. The molecule has 0 N–H and O–H groups in total. The molecule has 17 heavy (non-hydrogen) atoms. The average molecular weight is 250 g/mol. The van der Waals surface area contributed by atoms with E-state index in [2.05, 4.69) is 4.74 Å². The summed E-state index contributed by atoms with van der Waals surface area (Å²) in [6.45, 7) is 0.631. The molecule has 98 valence electrons. The van der Waals surface area contributed by atoms with Crippen molar-refractivity contribution in [3.63, 3.8) is 0 Å². The Morgan fingerprint density at radius 1 is 1.47 bits per heavy atom. The van der Waals surface area contributed by atoms with Gasteiger partial charge in [0.15, 0.2) is 5.79 Å². The first-order valence-electron chi connectivity index (χ1n) is 5.78. The highest BCUT2D eigenvalue weighted by Gasteiger charge is 2.44. The number of alkyl halides is 2. The van der Waals surface area contributed by atoms with Crippen LogP contribution in [0.1, 0.15) is 32.6 Å². The summed E-state index contributed by atoms with van der Waals surface area (Å²) >= 11 is 0. The Balaban J connectivity index is 1.77. The van der Waals surface area contributed by atoms with Gasteiger partial charge in [-0.15, -0.1) is 0 Å². The predicted molar refractivity (Wildman–Crippen MR) is 53.6 cm³/mol. The quantitative estimate of drug-likeness (QED) is 0.717. The highest BCUT2D eigenvalue weighted by atomic mass is 19.3. The van der Waals surface area contributed by atoms with Crippen LogP contribution in [-0.4, -0.2) is 37.0 Å². The number of ether oxygens (including phenoxy) is 3. The van der Waals surface area contributed by atoms with Gasteiger partial charge >= 0.3 is 11.9 Å². The van der Waals surface area contributed by atoms with E-state index in [1.807, 2.05) is 0 Å². The molecule has 6 heteroatoms. The van der Waals surface area contributed by atoms with Gasteiger partial charge in [0.25, 0.3) is 0 Å². The van der Waals surface area contributed by atoms with E-state index in [1.165, 1.54) is 0 Å². The lowest BCUT2D eigenvalue weighted by molar-refractivity contribution is -0.182. The topological polar surface area (TPSA) is 44.8 Å². The Morgan fingerprint density at radius 3 is 2.71 bits per heavy atom. The molecule has 1 unspecified atom stereocenters. The van der Waals surface area contributed by atoms with Crippen molar-refractivity contribution in [1.82, 2.24) is 0 Å². The minimum Gasteiger partial charge on any atom is -0.458 e. The van der Waals surface area contributed by atoms with Gasteiger partial charge in [-0.3, -0.25) is 0 Å². The van der Waals surface area contributed by atoms with Gasteiger partial charge in [0.2, 0.25) is 0 Å². The lowest BCUT2D eigenvalue weighted by Gasteiger charge is -2.21. The van der Waals surface area contributed by atoms with Crippen LogP contribution in [0.5, 0.6) is 0 Å². The summed E-state index contributed by atoms with van der Waals surface area (Å²) in [5, 5.41) is 0. The third-order valence-electron chi connectivity index (χ3n) is 3.04. The fraction of sp³-hybridized carbons (Fsp3) is 0.909. The van der Waals surface area contributed by atoms with Crippen molar-refractivity contribution in [2.75, 3.05) is 13.2 Å². The number of carbonyl (C=O) groups is 1. The monoisotopic (exact) mass is 250 g/mol. The van der Waals surface area contributed by atoms with Gasteiger partial charge in [-0.25, -0.2) is 4.79 Å². The van der Waals surface area contributed by atoms with Gasteiger partial charge in [0.05, 0.1) is 6.61 Å². The molecule has 0 radical (unpaired) electrons. The second-order valence-corrected chi connectivity index (χ2v) is 4.66. The number of halogens is 2. The summed E-state index contributed by atoms with van der Waals surface area (Å²) in [5.41, 5.74) is 0. The minimum atomic E-state index is -3.45. The molecular formula is C11H16F2O4. The molecule has 0 bridgehead atoms. The predicted octanol–water partition coefficient (Wildman–Crippen LogP) is 1.87. The molecule has 1 saturated carbocycles. The molecule has 0 amide bonds.